The second-order valence-electron chi connectivity index (χ2n) is 5.57. The summed E-state index contributed by atoms with van der Waals surface area (Å²) >= 11 is 0. The molecular weight excluding hydrogens is 272 g/mol. The Morgan fingerprint density at radius 2 is 2.24 bits per heavy atom. The molecule has 1 aliphatic rings. The number of carbonyl (C=O) groups is 2. The van der Waals surface area contributed by atoms with Crippen LogP contribution in [-0.2, 0) is 11.2 Å². The van der Waals surface area contributed by atoms with E-state index in [0.717, 1.165) is 18.8 Å². The average Bonchev–Trinajstić information content (AvgIpc) is 3.10. The Kier molecular flexibility index (Phi) is 5.19. The van der Waals surface area contributed by atoms with Crippen LogP contribution >= 0.6 is 0 Å². The Morgan fingerprint density at radius 1 is 1.48 bits per heavy atom. The number of aromatic amines is 1. The quantitative estimate of drug-likeness (QED) is 0.579. The third-order valence-corrected chi connectivity index (χ3v) is 3.73. The number of nitrogens with zero attached hydrogens (tertiary/aromatic N) is 1. The number of aromatic nitrogens is 2. The second-order valence-corrected chi connectivity index (χ2v) is 5.57. The first kappa shape index (κ1) is 15.3. The van der Waals surface area contributed by atoms with Gasteiger partial charge in [-0.15, -0.1) is 0 Å². The van der Waals surface area contributed by atoms with Gasteiger partial charge in [0.15, 0.2) is 0 Å². The Balaban J connectivity index is 1.83. The summed E-state index contributed by atoms with van der Waals surface area (Å²) in [6, 6.07) is -1.28. The maximum atomic E-state index is 11.9. The van der Waals surface area contributed by atoms with E-state index in [2.05, 4.69) is 20.6 Å². The van der Waals surface area contributed by atoms with Crippen LogP contribution in [0.25, 0.3) is 0 Å². The molecule has 1 fully saturated rings. The lowest BCUT2D eigenvalue weighted by Gasteiger charge is -2.19. The number of hydrogen-bond acceptors (Lipinski definition) is 3. The number of urea groups is 1. The fraction of sp³-hybridized carbons (Fsp3) is 0.643. The molecule has 0 aliphatic heterocycles. The molecule has 1 aromatic rings. The maximum Gasteiger partial charge on any atom is 0.326 e. The van der Waals surface area contributed by atoms with Crippen molar-refractivity contribution in [3.63, 3.8) is 0 Å². The van der Waals surface area contributed by atoms with E-state index in [0.29, 0.717) is 5.69 Å². The summed E-state index contributed by atoms with van der Waals surface area (Å²) in [6.45, 7) is 2.02. The molecule has 7 heteroatoms. The van der Waals surface area contributed by atoms with E-state index in [9.17, 15) is 14.7 Å². The normalized spacial score (nSPS) is 17.0. The van der Waals surface area contributed by atoms with Crippen LogP contribution in [0.3, 0.4) is 0 Å². The van der Waals surface area contributed by atoms with Gasteiger partial charge in [-0.1, -0.05) is 19.8 Å². The van der Waals surface area contributed by atoms with Crippen LogP contribution in [-0.4, -0.2) is 39.2 Å². The molecule has 0 radical (unpaired) electrons. The fourth-order valence-electron chi connectivity index (χ4n) is 2.29. The molecule has 1 aliphatic carbocycles. The molecule has 2 amide bonds. The van der Waals surface area contributed by atoms with E-state index in [1.807, 2.05) is 6.92 Å². The number of hydrogen-bond donors (Lipinski definition) is 4. The van der Waals surface area contributed by atoms with Gasteiger partial charge in [0.2, 0.25) is 0 Å². The molecule has 1 unspecified atom stereocenters. The first-order chi connectivity index (χ1) is 10.1. The largest absolute Gasteiger partial charge is 0.480 e. The lowest BCUT2D eigenvalue weighted by molar-refractivity contribution is -0.139. The van der Waals surface area contributed by atoms with Gasteiger partial charge in [0, 0.05) is 24.4 Å². The summed E-state index contributed by atoms with van der Waals surface area (Å²) in [5.41, 5.74) is 0.674. The van der Waals surface area contributed by atoms with Gasteiger partial charge in [-0.3, -0.25) is 0 Å². The summed E-state index contributed by atoms with van der Waals surface area (Å²) in [5, 5.41) is 14.6. The smallest absolute Gasteiger partial charge is 0.326 e. The Hall–Kier alpha value is -2.05. The summed E-state index contributed by atoms with van der Waals surface area (Å²) < 4.78 is 0. The minimum Gasteiger partial charge on any atom is -0.480 e. The number of H-pyrrole nitrogens is 1. The second kappa shape index (κ2) is 7.10. The van der Waals surface area contributed by atoms with Gasteiger partial charge in [-0.05, 0) is 18.8 Å². The topological polar surface area (TPSA) is 107 Å². The van der Waals surface area contributed by atoms with Crippen LogP contribution in [0.5, 0.6) is 0 Å². The van der Waals surface area contributed by atoms with Gasteiger partial charge in [0.1, 0.15) is 6.04 Å². The predicted molar refractivity (Wildman–Crippen MR) is 76.8 cm³/mol. The summed E-state index contributed by atoms with van der Waals surface area (Å²) in [7, 11) is 0. The van der Waals surface area contributed by atoms with Crippen LogP contribution < -0.4 is 10.6 Å². The molecule has 0 bridgehead atoms. The summed E-state index contributed by atoms with van der Waals surface area (Å²) in [5.74, 6) is -0.342. The highest BCUT2D eigenvalue weighted by atomic mass is 16.4. The summed E-state index contributed by atoms with van der Waals surface area (Å²) in [4.78, 5) is 29.8. The SMILES string of the molecule is CCC(CC1CC1)NC(=O)N[C@@H](Cc1cnc[nH]1)C(=O)O. The van der Waals surface area contributed by atoms with E-state index in [4.69, 9.17) is 0 Å². The molecule has 116 valence electrons. The minimum absolute atomic E-state index is 0.110. The number of aliphatic carboxylic acids is 1. The molecular formula is C14H22N4O3. The van der Waals surface area contributed by atoms with Crippen molar-refractivity contribution in [3.8, 4) is 0 Å². The summed E-state index contributed by atoms with van der Waals surface area (Å²) in [6.07, 6.45) is 7.51. The van der Waals surface area contributed by atoms with Crippen molar-refractivity contribution in [1.82, 2.24) is 20.6 Å². The number of carboxylic acids is 1. The average molecular weight is 294 g/mol. The van der Waals surface area contributed by atoms with Crippen LogP contribution in [0.15, 0.2) is 12.5 Å². The lowest BCUT2D eigenvalue weighted by Crippen LogP contribution is -2.49. The zero-order chi connectivity index (χ0) is 15.2. The monoisotopic (exact) mass is 294 g/mol. The van der Waals surface area contributed by atoms with Crippen molar-refractivity contribution in [2.75, 3.05) is 0 Å². The number of carbonyl (C=O) groups excluding carboxylic acids is 1. The van der Waals surface area contributed by atoms with Gasteiger partial charge >= 0.3 is 12.0 Å². The zero-order valence-electron chi connectivity index (χ0n) is 12.1. The molecule has 7 nitrogen and oxygen atoms in total. The molecule has 0 saturated heterocycles. The van der Waals surface area contributed by atoms with E-state index in [-0.39, 0.29) is 12.5 Å². The fourth-order valence-corrected chi connectivity index (χ4v) is 2.29. The lowest BCUT2D eigenvalue weighted by atomic mass is 10.1. The van der Waals surface area contributed by atoms with E-state index in [1.54, 1.807) is 6.20 Å². The van der Waals surface area contributed by atoms with Crippen LogP contribution in [0.2, 0.25) is 0 Å². The van der Waals surface area contributed by atoms with Crippen molar-refractivity contribution < 1.29 is 14.7 Å². The molecule has 0 spiro atoms. The zero-order valence-corrected chi connectivity index (χ0v) is 12.1. The molecule has 1 aromatic heterocycles. The van der Waals surface area contributed by atoms with Gasteiger partial charge < -0.3 is 20.7 Å². The van der Waals surface area contributed by atoms with E-state index in [1.165, 1.54) is 19.2 Å². The number of carboxylic acid groups (broad SMARTS) is 1. The van der Waals surface area contributed by atoms with Crippen molar-refractivity contribution in [1.29, 1.82) is 0 Å². The number of amides is 2. The van der Waals surface area contributed by atoms with Crippen LogP contribution in [0.1, 0.15) is 38.3 Å². The molecule has 2 atom stereocenters. The third kappa shape index (κ3) is 5.09. The molecule has 1 saturated carbocycles. The Morgan fingerprint density at radius 3 is 2.76 bits per heavy atom. The minimum atomic E-state index is -1.06. The number of imidazole rings is 1. The highest BCUT2D eigenvalue weighted by molar-refractivity contribution is 5.82. The maximum absolute atomic E-state index is 11.9. The molecule has 4 N–H and O–H groups in total. The van der Waals surface area contributed by atoms with Crippen molar-refractivity contribution in [2.45, 2.75) is 51.1 Å². The van der Waals surface area contributed by atoms with Crippen molar-refractivity contribution >= 4 is 12.0 Å². The third-order valence-electron chi connectivity index (χ3n) is 3.73. The van der Waals surface area contributed by atoms with Crippen LogP contribution in [0, 0.1) is 5.92 Å². The molecule has 1 heterocycles. The first-order valence-corrected chi connectivity index (χ1v) is 7.35. The van der Waals surface area contributed by atoms with Gasteiger partial charge in [-0.2, -0.15) is 0 Å². The Bertz CT molecular complexity index is 471. The highest BCUT2D eigenvalue weighted by Crippen LogP contribution is 2.33. The number of nitrogens with one attached hydrogen (secondary N) is 3. The highest BCUT2D eigenvalue weighted by Gasteiger charge is 2.27. The van der Waals surface area contributed by atoms with Crippen molar-refractivity contribution in [2.24, 2.45) is 5.92 Å². The van der Waals surface area contributed by atoms with Gasteiger partial charge in [-0.25, -0.2) is 14.6 Å². The Labute approximate surface area is 123 Å². The standard InChI is InChI=1S/C14H22N4O3/c1-2-10(5-9-3-4-9)17-14(21)18-12(13(19)20)6-11-7-15-8-16-11/h7-10,12H,2-6H2,1H3,(H,15,16)(H,19,20)(H2,17,18,21)/t10?,12-/m0/s1. The van der Waals surface area contributed by atoms with E-state index >= 15 is 0 Å². The van der Waals surface area contributed by atoms with Gasteiger partial charge in [0.05, 0.1) is 6.33 Å². The predicted octanol–water partition coefficient (Wildman–Crippen LogP) is 1.28. The number of rotatable bonds is 8. The van der Waals surface area contributed by atoms with Gasteiger partial charge in [0.25, 0.3) is 0 Å². The molecule has 2 rings (SSSR count). The van der Waals surface area contributed by atoms with Crippen molar-refractivity contribution in [3.05, 3.63) is 18.2 Å². The molecule has 0 aromatic carbocycles. The van der Waals surface area contributed by atoms with Crippen LogP contribution in [0.4, 0.5) is 4.79 Å². The first-order valence-electron chi connectivity index (χ1n) is 7.35. The van der Waals surface area contributed by atoms with E-state index < -0.39 is 18.0 Å². The molecule has 21 heavy (non-hydrogen) atoms.